The third-order valence-electron chi connectivity index (χ3n) is 2.60. The molecular formula is C14H18N2O2. The van der Waals surface area contributed by atoms with E-state index in [1.165, 1.54) is 0 Å². The minimum Gasteiger partial charge on any atom is -0.508 e. The summed E-state index contributed by atoms with van der Waals surface area (Å²) in [6.45, 7) is 5.34. The molecule has 0 aliphatic carbocycles. The number of fused-ring (bicyclic) bond motifs is 1. The Kier molecular flexibility index (Phi) is 3.99. The van der Waals surface area contributed by atoms with E-state index in [2.05, 4.69) is 10.3 Å². The summed E-state index contributed by atoms with van der Waals surface area (Å²) in [5.41, 5.74) is 0. The third kappa shape index (κ3) is 3.11. The highest BCUT2D eigenvalue weighted by molar-refractivity contribution is 5.92. The van der Waals surface area contributed by atoms with Crippen molar-refractivity contribution in [1.82, 2.24) is 4.98 Å². The lowest BCUT2D eigenvalue weighted by Gasteiger charge is -2.10. The molecule has 1 aromatic carbocycles. The van der Waals surface area contributed by atoms with E-state index in [-0.39, 0.29) is 11.9 Å². The molecule has 0 aliphatic rings. The topological polar surface area (TPSA) is 54.4 Å². The maximum absolute atomic E-state index is 9.52. The standard InChI is InChI=1S/C14H18N2O2/c1-10(2)18-8-7-16-14-13-9-12(17)4-3-11(13)5-6-15-14/h3-6,9-10,17H,7-8H2,1-2H3,(H,15,16). The van der Waals surface area contributed by atoms with E-state index in [9.17, 15) is 5.11 Å². The molecule has 4 heteroatoms. The summed E-state index contributed by atoms with van der Waals surface area (Å²) >= 11 is 0. The molecule has 0 fully saturated rings. The van der Waals surface area contributed by atoms with Gasteiger partial charge in [0.05, 0.1) is 12.7 Å². The predicted molar refractivity (Wildman–Crippen MR) is 73.0 cm³/mol. The first-order chi connectivity index (χ1) is 8.66. The number of hydrogen-bond acceptors (Lipinski definition) is 4. The second-order valence-electron chi connectivity index (χ2n) is 4.41. The van der Waals surface area contributed by atoms with Crippen molar-refractivity contribution in [2.24, 2.45) is 0 Å². The molecule has 0 spiro atoms. The van der Waals surface area contributed by atoms with Gasteiger partial charge in [0.1, 0.15) is 11.6 Å². The highest BCUT2D eigenvalue weighted by Gasteiger charge is 2.03. The van der Waals surface area contributed by atoms with Gasteiger partial charge in [0.2, 0.25) is 0 Å². The largest absolute Gasteiger partial charge is 0.508 e. The van der Waals surface area contributed by atoms with Gasteiger partial charge in [-0.1, -0.05) is 6.07 Å². The van der Waals surface area contributed by atoms with E-state index in [4.69, 9.17) is 4.74 Å². The zero-order valence-electron chi connectivity index (χ0n) is 10.7. The number of benzene rings is 1. The van der Waals surface area contributed by atoms with E-state index in [1.807, 2.05) is 26.0 Å². The van der Waals surface area contributed by atoms with Gasteiger partial charge in [-0.2, -0.15) is 0 Å². The van der Waals surface area contributed by atoms with Crippen molar-refractivity contribution >= 4 is 16.6 Å². The first-order valence-electron chi connectivity index (χ1n) is 6.10. The van der Waals surface area contributed by atoms with Crippen LogP contribution in [0.1, 0.15) is 13.8 Å². The molecule has 0 radical (unpaired) electrons. The maximum Gasteiger partial charge on any atom is 0.134 e. The van der Waals surface area contributed by atoms with Crippen molar-refractivity contribution in [2.75, 3.05) is 18.5 Å². The number of phenolic OH excluding ortho intramolecular Hbond substituents is 1. The maximum atomic E-state index is 9.52. The number of phenols is 1. The Bertz CT molecular complexity index is 526. The molecule has 2 aromatic rings. The van der Waals surface area contributed by atoms with Gasteiger partial charge in [0, 0.05) is 18.1 Å². The number of aromatic nitrogens is 1. The second-order valence-corrected chi connectivity index (χ2v) is 4.41. The molecule has 96 valence electrons. The smallest absolute Gasteiger partial charge is 0.134 e. The lowest BCUT2D eigenvalue weighted by molar-refractivity contribution is 0.0870. The van der Waals surface area contributed by atoms with Crippen LogP contribution in [0.3, 0.4) is 0 Å². The SMILES string of the molecule is CC(C)OCCNc1nccc2ccc(O)cc12. The van der Waals surface area contributed by atoms with Gasteiger partial charge < -0.3 is 15.2 Å². The van der Waals surface area contributed by atoms with Crippen molar-refractivity contribution in [3.05, 3.63) is 30.5 Å². The highest BCUT2D eigenvalue weighted by Crippen LogP contribution is 2.24. The quantitative estimate of drug-likeness (QED) is 0.796. The molecule has 0 aliphatic heterocycles. The summed E-state index contributed by atoms with van der Waals surface area (Å²) in [4.78, 5) is 4.29. The summed E-state index contributed by atoms with van der Waals surface area (Å²) in [6, 6.07) is 7.19. The molecule has 4 nitrogen and oxygen atoms in total. The Morgan fingerprint density at radius 2 is 2.17 bits per heavy atom. The molecule has 0 bridgehead atoms. The molecule has 18 heavy (non-hydrogen) atoms. The molecule has 2 N–H and O–H groups in total. The van der Waals surface area contributed by atoms with Crippen LogP contribution in [0.4, 0.5) is 5.82 Å². The summed E-state index contributed by atoms with van der Waals surface area (Å²) in [6.07, 6.45) is 1.99. The van der Waals surface area contributed by atoms with E-state index >= 15 is 0 Å². The highest BCUT2D eigenvalue weighted by atomic mass is 16.5. The van der Waals surface area contributed by atoms with Crippen LogP contribution in [0.5, 0.6) is 5.75 Å². The zero-order valence-corrected chi connectivity index (χ0v) is 10.7. The van der Waals surface area contributed by atoms with E-state index < -0.39 is 0 Å². The Morgan fingerprint density at radius 1 is 1.33 bits per heavy atom. The molecule has 1 aromatic heterocycles. The van der Waals surface area contributed by atoms with Crippen molar-refractivity contribution in [1.29, 1.82) is 0 Å². The monoisotopic (exact) mass is 246 g/mol. The fourth-order valence-electron chi connectivity index (χ4n) is 1.76. The van der Waals surface area contributed by atoms with Crippen molar-refractivity contribution in [2.45, 2.75) is 20.0 Å². The second kappa shape index (κ2) is 5.69. The Morgan fingerprint density at radius 3 is 2.94 bits per heavy atom. The molecule has 0 amide bonds. The predicted octanol–water partition coefficient (Wildman–Crippen LogP) is 2.78. The van der Waals surface area contributed by atoms with Crippen LogP contribution in [-0.4, -0.2) is 29.3 Å². The minimum absolute atomic E-state index is 0.233. The summed E-state index contributed by atoms with van der Waals surface area (Å²) in [5.74, 6) is 1.02. The van der Waals surface area contributed by atoms with Crippen molar-refractivity contribution in [3.63, 3.8) is 0 Å². The summed E-state index contributed by atoms with van der Waals surface area (Å²) < 4.78 is 5.46. The fourth-order valence-corrected chi connectivity index (χ4v) is 1.76. The number of pyridine rings is 1. The van der Waals surface area contributed by atoms with Gasteiger partial charge in [-0.15, -0.1) is 0 Å². The molecule has 2 rings (SSSR count). The molecule has 1 heterocycles. The average Bonchev–Trinajstić information content (AvgIpc) is 2.34. The Labute approximate surface area is 107 Å². The van der Waals surface area contributed by atoms with E-state index in [0.717, 1.165) is 16.6 Å². The van der Waals surface area contributed by atoms with Crippen LogP contribution in [0.15, 0.2) is 30.5 Å². The minimum atomic E-state index is 0.233. The number of hydrogen-bond donors (Lipinski definition) is 2. The zero-order chi connectivity index (χ0) is 13.0. The molecular weight excluding hydrogens is 228 g/mol. The van der Waals surface area contributed by atoms with Gasteiger partial charge >= 0.3 is 0 Å². The van der Waals surface area contributed by atoms with Crippen molar-refractivity contribution < 1.29 is 9.84 Å². The average molecular weight is 246 g/mol. The molecule has 0 saturated carbocycles. The normalized spacial score (nSPS) is 11.1. The number of ether oxygens (including phenoxy) is 1. The number of aromatic hydroxyl groups is 1. The fraction of sp³-hybridized carbons (Fsp3) is 0.357. The molecule has 0 unspecified atom stereocenters. The van der Waals surface area contributed by atoms with Crippen LogP contribution in [0.2, 0.25) is 0 Å². The van der Waals surface area contributed by atoms with Gasteiger partial charge in [-0.25, -0.2) is 4.98 Å². The first kappa shape index (κ1) is 12.6. The number of nitrogens with zero attached hydrogens (tertiary/aromatic N) is 1. The van der Waals surface area contributed by atoms with E-state index in [1.54, 1.807) is 18.3 Å². The van der Waals surface area contributed by atoms with Crippen LogP contribution in [-0.2, 0) is 4.74 Å². The Hall–Kier alpha value is -1.81. The van der Waals surface area contributed by atoms with Gasteiger partial charge in [0.25, 0.3) is 0 Å². The van der Waals surface area contributed by atoms with Gasteiger partial charge in [0.15, 0.2) is 0 Å². The Balaban J connectivity index is 2.10. The number of nitrogens with one attached hydrogen (secondary N) is 1. The third-order valence-corrected chi connectivity index (χ3v) is 2.60. The number of rotatable bonds is 5. The van der Waals surface area contributed by atoms with Crippen molar-refractivity contribution in [3.8, 4) is 5.75 Å². The van der Waals surface area contributed by atoms with Gasteiger partial charge in [-0.05, 0) is 37.4 Å². The van der Waals surface area contributed by atoms with Crippen LogP contribution >= 0.6 is 0 Å². The van der Waals surface area contributed by atoms with Crippen LogP contribution < -0.4 is 5.32 Å². The lowest BCUT2D eigenvalue weighted by Crippen LogP contribution is -2.13. The van der Waals surface area contributed by atoms with E-state index in [0.29, 0.717) is 13.2 Å². The number of anilines is 1. The van der Waals surface area contributed by atoms with Gasteiger partial charge in [-0.3, -0.25) is 0 Å². The lowest BCUT2D eigenvalue weighted by atomic mass is 10.1. The van der Waals surface area contributed by atoms with Crippen LogP contribution in [0, 0.1) is 0 Å². The first-order valence-corrected chi connectivity index (χ1v) is 6.10. The molecule has 0 atom stereocenters. The van der Waals surface area contributed by atoms with Crippen LogP contribution in [0.25, 0.3) is 10.8 Å². The summed E-state index contributed by atoms with van der Waals surface area (Å²) in [7, 11) is 0. The summed E-state index contributed by atoms with van der Waals surface area (Å²) in [5, 5.41) is 14.7. The molecule has 0 saturated heterocycles.